The molecule has 5 aromatic heterocycles. The van der Waals surface area contributed by atoms with Crippen molar-refractivity contribution in [2.45, 2.75) is 25.8 Å². The Morgan fingerprint density at radius 3 is 2.63 bits per heavy atom. The Kier molecular flexibility index (Phi) is 5.96. The maximum atomic E-state index is 13.3. The molecule has 0 bridgehead atoms. The molecule has 6 rings (SSSR count). The van der Waals surface area contributed by atoms with Gasteiger partial charge in [-0.25, -0.2) is 23.6 Å². The average molecular weight is 509 g/mol. The number of rotatable bonds is 8. The summed E-state index contributed by atoms with van der Waals surface area (Å²) in [5.41, 5.74) is 3.92. The third-order valence-corrected chi connectivity index (χ3v) is 6.93. The fourth-order valence-electron chi connectivity index (χ4n) is 4.36. The number of nitriles is 1. The lowest BCUT2D eigenvalue weighted by atomic mass is 10.0. The number of anilines is 1. The lowest BCUT2D eigenvalue weighted by Gasteiger charge is -2.26. The van der Waals surface area contributed by atoms with Gasteiger partial charge in [-0.3, -0.25) is 0 Å². The summed E-state index contributed by atoms with van der Waals surface area (Å²) >= 11 is 0. The fourth-order valence-corrected chi connectivity index (χ4v) is 4.36. The topological polar surface area (TPSA) is 97.2 Å². The van der Waals surface area contributed by atoms with Crippen LogP contribution in [0.5, 0.6) is 5.75 Å². The molecule has 0 aromatic carbocycles. The van der Waals surface area contributed by atoms with Crippen LogP contribution < -0.4 is 9.64 Å². The molecule has 9 nitrogen and oxygen atoms in total. The molecule has 190 valence electrons. The molecule has 5 aromatic rings. The van der Waals surface area contributed by atoms with Crippen LogP contribution in [0.1, 0.15) is 36.9 Å². The van der Waals surface area contributed by atoms with E-state index in [4.69, 9.17) is 9.72 Å². The van der Waals surface area contributed by atoms with E-state index in [1.165, 1.54) is 23.7 Å². The van der Waals surface area contributed by atoms with Crippen molar-refractivity contribution in [3.05, 3.63) is 84.5 Å². The van der Waals surface area contributed by atoms with Crippen molar-refractivity contribution in [2.75, 3.05) is 18.6 Å². The van der Waals surface area contributed by atoms with Crippen molar-refractivity contribution in [3.63, 3.8) is 0 Å². The normalized spacial score (nSPS) is 13.8. The molecule has 38 heavy (non-hydrogen) atoms. The zero-order valence-electron chi connectivity index (χ0n) is 21.0. The van der Waals surface area contributed by atoms with Crippen LogP contribution in [-0.4, -0.2) is 43.0 Å². The number of nitrogens with zero attached hydrogens (tertiary/aromatic N) is 8. The van der Waals surface area contributed by atoms with E-state index in [2.05, 4.69) is 33.1 Å². The Morgan fingerprint density at radius 2 is 1.97 bits per heavy atom. The Hall–Kier alpha value is -4.78. The Labute approximate surface area is 218 Å². The van der Waals surface area contributed by atoms with Crippen molar-refractivity contribution >= 4 is 11.3 Å². The average Bonchev–Trinajstić information content (AvgIpc) is 3.54. The first-order valence-corrected chi connectivity index (χ1v) is 12.4. The first-order chi connectivity index (χ1) is 18.5. The smallest absolute Gasteiger partial charge is 0.161 e. The molecule has 1 fully saturated rings. The molecule has 0 aliphatic heterocycles. The van der Waals surface area contributed by atoms with Gasteiger partial charge in [0.05, 0.1) is 48.5 Å². The van der Waals surface area contributed by atoms with E-state index in [9.17, 15) is 9.65 Å². The molecule has 10 heteroatoms. The van der Waals surface area contributed by atoms with Gasteiger partial charge in [0.25, 0.3) is 0 Å². The number of hydrogen-bond donors (Lipinski definition) is 0. The van der Waals surface area contributed by atoms with Crippen LogP contribution >= 0.6 is 0 Å². The molecule has 0 unspecified atom stereocenters. The van der Waals surface area contributed by atoms with Crippen LogP contribution in [0.3, 0.4) is 0 Å². The van der Waals surface area contributed by atoms with Gasteiger partial charge in [0.2, 0.25) is 0 Å². The van der Waals surface area contributed by atoms with Crippen molar-refractivity contribution in [1.82, 2.24) is 29.4 Å². The number of halogens is 1. The first kappa shape index (κ1) is 23.6. The predicted octanol–water partition coefficient (Wildman–Crippen LogP) is 4.97. The van der Waals surface area contributed by atoms with E-state index < -0.39 is 5.82 Å². The minimum absolute atomic E-state index is 0.0184. The molecular weight excluding hydrogens is 483 g/mol. The molecule has 0 radical (unpaired) electrons. The van der Waals surface area contributed by atoms with Gasteiger partial charge < -0.3 is 9.64 Å². The number of fused-ring (bicyclic) bond motifs is 1. The zero-order valence-corrected chi connectivity index (χ0v) is 21.0. The number of aromatic nitrogens is 6. The monoisotopic (exact) mass is 508 g/mol. The quantitative estimate of drug-likeness (QED) is 0.292. The van der Waals surface area contributed by atoms with E-state index in [1.54, 1.807) is 23.1 Å². The Morgan fingerprint density at radius 1 is 1.11 bits per heavy atom. The third kappa shape index (κ3) is 4.54. The number of ether oxygens (including phenoxy) is 1. The fraction of sp³-hybridized carbons (Fsp3) is 0.250. The highest BCUT2D eigenvalue weighted by Crippen LogP contribution is 2.34. The summed E-state index contributed by atoms with van der Waals surface area (Å²) in [7, 11) is 1.97. The molecule has 5 heterocycles. The van der Waals surface area contributed by atoms with Gasteiger partial charge in [-0.05, 0) is 55.5 Å². The molecule has 0 N–H and O–H groups in total. The van der Waals surface area contributed by atoms with Gasteiger partial charge >= 0.3 is 0 Å². The van der Waals surface area contributed by atoms with Gasteiger partial charge in [0, 0.05) is 30.6 Å². The van der Waals surface area contributed by atoms with Crippen LogP contribution in [0.25, 0.3) is 22.5 Å². The maximum absolute atomic E-state index is 13.3. The van der Waals surface area contributed by atoms with Crippen LogP contribution in [0.2, 0.25) is 0 Å². The highest BCUT2D eigenvalue weighted by Gasteiger charge is 2.23. The van der Waals surface area contributed by atoms with E-state index >= 15 is 0 Å². The van der Waals surface area contributed by atoms with E-state index in [1.807, 2.05) is 43.6 Å². The third-order valence-electron chi connectivity index (χ3n) is 6.93. The van der Waals surface area contributed by atoms with Gasteiger partial charge in [0.15, 0.2) is 11.6 Å². The molecule has 1 saturated carbocycles. The lowest BCUT2D eigenvalue weighted by Crippen LogP contribution is -2.22. The van der Waals surface area contributed by atoms with E-state index in [-0.39, 0.29) is 6.04 Å². The molecule has 0 amide bonds. The van der Waals surface area contributed by atoms with Crippen molar-refractivity contribution in [1.29, 1.82) is 5.26 Å². The second-order valence-corrected chi connectivity index (χ2v) is 9.55. The van der Waals surface area contributed by atoms with Gasteiger partial charge in [-0.15, -0.1) is 0 Å². The van der Waals surface area contributed by atoms with Crippen LogP contribution in [-0.2, 0) is 0 Å². The Bertz CT molecular complexity index is 1630. The minimum Gasteiger partial charge on any atom is -0.492 e. The number of hydrogen-bond acceptors (Lipinski definition) is 7. The minimum atomic E-state index is -0.408. The second kappa shape index (κ2) is 9.59. The maximum Gasteiger partial charge on any atom is 0.161 e. The summed E-state index contributed by atoms with van der Waals surface area (Å²) in [6.45, 7) is 2.75. The Balaban J connectivity index is 1.25. The highest BCUT2D eigenvalue weighted by atomic mass is 19.1. The standard InChI is InChI=1S/C28H25FN8O/c1-18(20-5-8-27(32-11-20)36-15-23(29)14-34-36)35(2)26-7-6-21(12-31-26)25-9-24(38-17-19-3-4-19)16-37-28(25)22(10-30)13-33-37/h5-9,11-16,18-19H,3-4,17H2,1-2H3/t18-/m0/s1. The summed E-state index contributed by atoms with van der Waals surface area (Å²) in [5, 5.41) is 18.0. The van der Waals surface area contributed by atoms with E-state index in [0.29, 0.717) is 23.9 Å². The van der Waals surface area contributed by atoms with Gasteiger partial charge in [-0.2, -0.15) is 15.5 Å². The summed E-state index contributed by atoms with van der Waals surface area (Å²) in [5.74, 6) is 2.26. The summed E-state index contributed by atoms with van der Waals surface area (Å²) in [4.78, 5) is 11.2. The second-order valence-electron chi connectivity index (χ2n) is 9.55. The lowest BCUT2D eigenvalue weighted by molar-refractivity contribution is 0.298. The molecule has 1 atom stereocenters. The summed E-state index contributed by atoms with van der Waals surface area (Å²) in [6.07, 6.45) is 11.8. The molecule has 0 spiro atoms. The SMILES string of the molecule is C[C@@H](c1ccc(-n2cc(F)cn2)nc1)N(C)c1ccc(-c2cc(OCC3CC3)cn3ncc(C#N)c23)cn1. The summed E-state index contributed by atoms with van der Waals surface area (Å²) in [6, 6.07) is 11.9. The van der Waals surface area contributed by atoms with Crippen LogP contribution in [0.4, 0.5) is 10.2 Å². The molecule has 0 saturated heterocycles. The van der Waals surface area contributed by atoms with Crippen molar-refractivity contribution in [3.8, 4) is 28.8 Å². The highest BCUT2D eigenvalue weighted by molar-refractivity contribution is 5.85. The predicted molar refractivity (Wildman–Crippen MR) is 139 cm³/mol. The van der Waals surface area contributed by atoms with Crippen molar-refractivity contribution in [2.24, 2.45) is 5.92 Å². The van der Waals surface area contributed by atoms with Crippen LogP contribution in [0, 0.1) is 23.1 Å². The molecule has 1 aliphatic rings. The first-order valence-electron chi connectivity index (χ1n) is 12.4. The molecule has 1 aliphatic carbocycles. The summed E-state index contributed by atoms with van der Waals surface area (Å²) < 4.78 is 22.4. The van der Waals surface area contributed by atoms with Crippen molar-refractivity contribution < 1.29 is 9.13 Å². The van der Waals surface area contributed by atoms with Crippen LogP contribution in [0.15, 0.2) is 67.5 Å². The zero-order chi connectivity index (χ0) is 26.2. The van der Waals surface area contributed by atoms with E-state index in [0.717, 1.165) is 40.0 Å². The number of pyridine rings is 3. The van der Waals surface area contributed by atoms with Gasteiger partial charge in [0.1, 0.15) is 17.6 Å². The largest absolute Gasteiger partial charge is 0.492 e. The molecular formula is C28H25FN8O. The van der Waals surface area contributed by atoms with Gasteiger partial charge in [-0.1, -0.05) is 6.07 Å².